The summed E-state index contributed by atoms with van der Waals surface area (Å²) in [6.45, 7) is 9.85. The van der Waals surface area contributed by atoms with E-state index in [0.717, 1.165) is 30.8 Å². The van der Waals surface area contributed by atoms with Gasteiger partial charge in [0.15, 0.2) is 0 Å². The van der Waals surface area contributed by atoms with Crippen LogP contribution in [0.1, 0.15) is 44.3 Å². The lowest BCUT2D eigenvalue weighted by Crippen LogP contribution is -2.59. The number of hydrogen-bond acceptors (Lipinski definition) is 4. The second-order valence-corrected chi connectivity index (χ2v) is 6.44. The predicted octanol–water partition coefficient (Wildman–Crippen LogP) is 3.09. The van der Waals surface area contributed by atoms with Crippen LogP contribution in [0, 0.1) is 6.92 Å². The molecule has 1 aromatic heterocycles. The SMILES string of the molecule is CCNC(Cc1csc(C)n1)C(CC)(CC)N(C)C. The van der Waals surface area contributed by atoms with E-state index in [1.807, 2.05) is 0 Å². The van der Waals surface area contributed by atoms with E-state index < -0.39 is 0 Å². The Hall–Kier alpha value is -0.450. The number of nitrogens with zero attached hydrogens (tertiary/aromatic N) is 2. The Morgan fingerprint density at radius 1 is 1.32 bits per heavy atom. The van der Waals surface area contributed by atoms with Crippen molar-refractivity contribution in [3.8, 4) is 0 Å². The van der Waals surface area contributed by atoms with Gasteiger partial charge in [-0.15, -0.1) is 11.3 Å². The summed E-state index contributed by atoms with van der Waals surface area (Å²) in [6, 6.07) is 0.448. The van der Waals surface area contributed by atoms with Gasteiger partial charge < -0.3 is 10.2 Å². The maximum Gasteiger partial charge on any atom is 0.0897 e. The molecule has 0 radical (unpaired) electrons. The van der Waals surface area contributed by atoms with Crippen LogP contribution in [0.5, 0.6) is 0 Å². The maximum absolute atomic E-state index is 4.63. The van der Waals surface area contributed by atoms with Gasteiger partial charge in [-0.25, -0.2) is 4.98 Å². The summed E-state index contributed by atoms with van der Waals surface area (Å²) in [7, 11) is 4.40. The molecule has 1 unspecified atom stereocenters. The molecule has 4 heteroatoms. The molecule has 1 heterocycles. The molecule has 3 nitrogen and oxygen atoms in total. The Morgan fingerprint density at radius 3 is 2.32 bits per heavy atom. The van der Waals surface area contributed by atoms with Crippen LogP contribution in [0.25, 0.3) is 0 Å². The van der Waals surface area contributed by atoms with E-state index in [2.05, 4.69) is 62.4 Å². The van der Waals surface area contributed by atoms with Crippen molar-refractivity contribution in [1.82, 2.24) is 15.2 Å². The number of rotatable bonds is 8. The summed E-state index contributed by atoms with van der Waals surface area (Å²) in [5, 5.41) is 7.05. The number of nitrogens with one attached hydrogen (secondary N) is 1. The largest absolute Gasteiger partial charge is 0.312 e. The first-order valence-electron chi connectivity index (χ1n) is 7.31. The number of hydrogen-bond donors (Lipinski definition) is 1. The van der Waals surface area contributed by atoms with Crippen molar-refractivity contribution in [2.24, 2.45) is 0 Å². The van der Waals surface area contributed by atoms with Crippen LogP contribution in [0.3, 0.4) is 0 Å². The molecule has 0 aliphatic rings. The van der Waals surface area contributed by atoms with Crippen molar-refractivity contribution in [1.29, 1.82) is 0 Å². The predicted molar refractivity (Wildman–Crippen MR) is 85.0 cm³/mol. The number of thiazole rings is 1. The lowest BCUT2D eigenvalue weighted by atomic mass is 9.81. The Morgan fingerprint density at radius 2 is 1.95 bits per heavy atom. The second-order valence-electron chi connectivity index (χ2n) is 5.38. The lowest BCUT2D eigenvalue weighted by Gasteiger charge is -2.45. The summed E-state index contributed by atoms with van der Waals surface area (Å²) in [4.78, 5) is 7.02. The van der Waals surface area contributed by atoms with Gasteiger partial charge in [-0.05, 0) is 40.4 Å². The molecule has 1 aromatic rings. The quantitative estimate of drug-likeness (QED) is 0.794. The van der Waals surface area contributed by atoms with E-state index in [9.17, 15) is 0 Å². The minimum Gasteiger partial charge on any atom is -0.312 e. The molecule has 1 N–H and O–H groups in total. The third-order valence-corrected chi connectivity index (χ3v) is 5.12. The molecule has 0 aromatic carbocycles. The Labute approximate surface area is 122 Å². The third-order valence-electron chi connectivity index (χ3n) is 4.29. The molecule has 0 fully saturated rings. The number of likely N-dealkylation sites (N-methyl/N-ethyl adjacent to an activating group) is 2. The van der Waals surface area contributed by atoms with Gasteiger partial charge in [0.2, 0.25) is 0 Å². The zero-order valence-electron chi connectivity index (χ0n) is 13.3. The summed E-state index contributed by atoms with van der Waals surface area (Å²) in [6.07, 6.45) is 3.31. The van der Waals surface area contributed by atoms with Gasteiger partial charge in [0.1, 0.15) is 0 Å². The van der Waals surface area contributed by atoms with Crippen LogP contribution in [0.2, 0.25) is 0 Å². The summed E-state index contributed by atoms with van der Waals surface area (Å²) < 4.78 is 0. The first kappa shape index (κ1) is 16.6. The fourth-order valence-corrected chi connectivity index (χ4v) is 3.72. The van der Waals surface area contributed by atoms with Crippen LogP contribution in [-0.4, -0.2) is 42.1 Å². The molecular formula is C15H29N3S. The van der Waals surface area contributed by atoms with Crippen LogP contribution in [0.4, 0.5) is 0 Å². The van der Waals surface area contributed by atoms with Gasteiger partial charge >= 0.3 is 0 Å². The highest BCUT2D eigenvalue weighted by Crippen LogP contribution is 2.28. The zero-order chi connectivity index (χ0) is 14.5. The molecule has 1 atom stereocenters. The molecule has 0 saturated carbocycles. The Bertz CT molecular complexity index is 369. The van der Waals surface area contributed by atoms with E-state index in [1.54, 1.807) is 11.3 Å². The van der Waals surface area contributed by atoms with Crippen molar-refractivity contribution in [2.45, 2.75) is 58.5 Å². The first-order valence-corrected chi connectivity index (χ1v) is 8.19. The van der Waals surface area contributed by atoms with E-state index in [4.69, 9.17) is 0 Å². The van der Waals surface area contributed by atoms with Gasteiger partial charge in [-0.2, -0.15) is 0 Å². The summed E-state index contributed by atoms with van der Waals surface area (Å²) in [5.74, 6) is 0. The van der Waals surface area contributed by atoms with Gasteiger partial charge in [-0.3, -0.25) is 0 Å². The first-order chi connectivity index (χ1) is 9.00. The molecule has 0 aliphatic carbocycles. The smallest absolute Gasteiger partial charge is 0.0897 e. The van der Waals surface area contributed by atoms with Crippen LogP contribution in [-0.2, 0) is 6.42 Å². The van der Waals surface area contributed by atoms with Gasteiger partial charge in [0.25, 0.3) is 0 Å². The average molecular weight is 283 g/mol. The average Bonchev–Trinajstić information content (AvgIpc) is 2.77. The molecule has 1 rings (SSSR count). The minimum atomic E-state index is 0.202. The van der Waals surface area contributed by atoms with E-state index in [-0.39, 0.29) is 5.54 Å². The maximum atomic E-state index is 4.63. The fourth-order valence-electron chi connectivity index (χ4n) is 3.10. The van der Waals surface area contributed by atoms with E-state index in [1.165, 1.54) is 5.69 Å². The minimum absolute atomic E-state index is 0.202. The van der Waals surface area contributed by atoms with Crippen molar-refractivity contribution in [3.63, 3.8) is 0 Å². The number of aryl methyl sites for hydroxylation is 1. The standard InChI is InChI=1S/C15H29N3S/c1-7-15(8-2,18(5)6)14(16-9-3)10-13-11-19-12(4)17-13/h11,14,16H,7-10H2,1-6H3. The molecule has 0 amide bonds. The second kappa shape index (κ2) is 7.36. The van der Waals surface area contributed by atoms with Gasteiger partial charge in [0, 0.05) is 23.4 Å². The topological polar surface area (TPSA) is 28.2 Å². The lowest BCUT2D eigenvalue weighted by molar-refractivity contribution is 0.0885. The molecule has 0 saturated heterocycles. The molecule has 0 spiro atoms. The highest BCUT2D eigenvalue weighted by Gasteiger charge is 2.37. The van der Waals surface area contributed by atoms with Crippen molar-refractivity contribution < 1.29 is 0 Å². The van der Waals surface area contributed by atoms with Gasteiger partial charge in [-0.1, -0.05) is 20.8 Å². The van der Waals surface area contributed by atoms with Crippen molar-refractivity contribution in [3.05, 3.63) is 16.1 Å². The summed E-state index contributed by atoms with van der Waals surface area (Å²) in [5.41, 5.74) is 1.43. The van der Waals surface area contributed by atoms with Crippen molar-refractivity contribution >= 4 is 11.3 Å². The highest BCUT2D eigenvalue weighted by molar-refractivity contribution is 7.09. The van der Waals surface area contributed by atoms with Gasteiger partial charge in [0.05, 0.1) is 10.7 Å². The third kappa shape index (κ3) is 3.77. The molecule has 19 heavy (non-hydrogen) atoms. The van der Waals surface area contributed by atoms with Crippen molar-refractivity contribution in [2.75, 3.05) is 20.6 Å². The fraction of sp³-hybridized carbons (Fsp3) is 0.800. The molecule has 0 aliphatic heterocycles. The van der Waals surface area contributed by atoms with Crippen LogP contribution >= 0.6 is 11.3 Å². The summed E-state index contributed by atoms with van der Waals surface area (Å²) >= 11 is 1.75. The van der Waals surface area contributed by atoms with Crippen LogP contribution in [0.15, 0.2) is 5.38 Å². The molecule has 0 bridgehead atoms. The Kier molecular flexibility index (Phi) is 6.43. The molecular weight excluding hydrogens is 254 g/mol. The number of aromatic nitrogens is 1. The van der Waals surface area contributed by atoms with E-state index in [0.29, 0.717) is 6.04 Å². The highest BCUT2D eigenvalue weighted by atomic mass is 32.1. The van der Waals surface area contributed by atoms with Crippen LogP contribution < -0.4 is 5.32 Å². The van der Waals surface area contributed by atoms with E-state index >= 15 is 0 Å². The zero-order valence-corrected chi connectivity index (χ0v) is 14.1. The monoisotopic (exact) mass is 283 g/mol. The molecule has 110 valence electrons. The Balaban J connectivity index is 2.96. The normalized spacial score (nSPS) is 14.1.